The number of guanidine groups is 1. The summed E-state index contributed by atoms with van der Waals surface area (Å²) in [5, 5.41) is 15.0. The third kappa shape index (κ3) is 2.30. The van der Waals surface area contributed by atoms with Gasteiger partial charge in [-0.05, 0) is 18.2 Å². The highest BCUT2D eigenvalue weighted by Gasteiger charge is 2.10. The zero-order valence-electron chi connectivity index (χ0n) is 8.83. The first-order valence-corrected chi connectivity index (χ1v) is 5.40. The van der Waals surface area contributed by atoms with Gasteiger partial charge in [-0.3, -0.25) is 10.1 Å². The van der Waals surface area contributed by atoms with Gasteiger partial charge >= 0.3 is 0 Å². The van der Waals surface area contributed by atoms with Crippen LogP contribution in [0.2, 0.25) is 5.02 Å². The minimum absolute atomic E-state index is 0. The molecule has 0 saturated carbocycles. The summed E-state index contributed by atoms with van der Waals surface area (Å²) < 4.78 is 0. The SMILES string of the molecule is Cl.Clc1ccc2[nH]nc(NC3=NCCN3)c2c1. The molecular weight excluding hydrogens is 261 g/mol. The van der Waals surface area contributed by atoms with Crippen molar-refractivity contribution in [3.05, 3.63) is 23.2 Å². The van der Waals surface area contributed by atoms with E-state index < -0.39 is 0 Å². The highest BCUT2D eigenvalue weighted by atomic mass is 35.5. The predicted octanol–water partition coefficient (Wildman–Crippen LogP) is 2.01. The van der Waals surface area contributed by atoms with Crippen molar-refractivity contribution >= 4 is 46.7 Å². The van der Waals surface area contributed by atoms with E-state index in [9.17, 15) is 0 Å². The quantitative estimate of drug-likeness (QED) is 0.744. The number of benzene rings is 1. The normalized spacial score (nSPS) is 14.1. The summed E-state index contributed by atoms with van der Waals surface area (Å²) in [7, 11) is 0. The van der Waals surface area contributed by atoms with Crippen molar-refractivity contribution in [2.24, 2.45) is 4.99 Å². The number of rotatable bonds is 1. The highest BCUT2D eigenvalue weighted by molar-refractivity contribution is 6.31. The van der Waals surface area contributed by atoms with Crippen LogP contribution in [0.25, 0.3) is 10.9 Å². The molecular formula is C10H11Cl2N5. The van der Waals surface area contributed by atoms with Crippen LogP contribution in [0.1, 0.15) is 0 Å². The fourth-order valence-corrected chi connectivity index (χ4v) is 1.85. The molecule has 2 aromatic rings. The number of nitrogens with zero attached hydrogens (tertiary/aromatic N) is 2. The highest BCUT2D eigenvalue weighted by Crippen LogP contribution is 2.23. The molecule has 2 heterocycles. The van der Waals surface area contributed by atoms with E-state index in [1.165, 1.54) is 0 Å². The van der Waals surface area contributed by atoms with Crippen LogP contribution in [0.3, 0.4) is 0 Å². The molecule has 0 spiro atoms. The maximum Gasteiger partial charge on any atom is 0.197 e. The first kappa shape index (κ1) is 12.0. The van der Waals surface area contributed by atoms with E-state index >= 15 is 0 Å². The minimum Gasteiger partial charge on any atom is -0.354 e. The lowest BCUT2D eigenvalue weighted by atomic mass is 10.2. The number of aromatic amines is 1. The average molecular weight is 272 g/mol. The number of halogens is 2. The Bertz CT molecular complexity index is 563. The fourth-order valence-electron chi connectivity index (χ4n) is 1.68. The molecule has 3 rings (SSSR count). The van der Waals surface area contributed by atoms with Crippen LogP contribution in [0.4, 0.5) is 5.82 Å². The predicted molar refractivity (Wildman–Crippen MR) is 72.3 cm³/mol. The molecule has 0 atom stereocenters. The molecule has 0 bridgehead atoms. The van der Waals surface area contributed by atoms with Gasteiger partial charge in [0.1, 0.15) is 0 Å². The lowest BCUT2D eigenvalue weighted by molar-refractivity contribution is 0.958. The van der Waals surface area contributed by atoms with E-state index in [1.807, 2.05) is 18.2 Å². The van der Waals surface area contributed by atoms with Gasteiger partial charge in [-0.2, -0.15) is 5.10 Å². The maximum absolute atomic E-state index is 5.95. The smallest absolute Gasteiger partial charge is 0.197 e. The number of anilines is 1. The molecule has 17 heavy (non-hydrogen) atoms. The average Bonchev–Trinajstić information content (AvgIpc) is 2.90. The minimum atomic E-state index is 0. The van der Waals surface area contributed by atoms with Gasteiger partial charge in [0, 0.05) is 17.0 Å². The summed E-state index contributed by atoms with van der Waals surface area (Å²) in [6.45, 7) is 1.66. The number of nitrogens with one attached hydrogen (secondary N) is 3. The molecule has 0 radical (unpaired) electrons. The Morgan fingerprint density at radius 1 is 1.35 bits per heavy atom. The van der Waals surface area contributed by atoms with Crippen molar-refractivity contribution < 1.29 is 0 Å². The Labute approximate surface area is 109 Å². The molecule has 0 aliphatic carbocycles. The third-order valence-electron chi connectivity index (χ3n) is 2.44. The number of aromatic nitrogens is 2. The number of aliphatic imine (C=N–C) groups is 1. The molecule has 0 fully saturated rings. The van der Waals surface area contributed by atoms with Crippen LogP contribution < -0.4 is 10.6 Å². The van der Waals surface area contributed by atoms with Crippen LogP contribution in [0.15, 0.2) is 23.2 Å². The summed E-state index contributed by atoms with van der Waals surface area (Å²) in [6.07, 6.45) is 0. The van der Waals surface area contributed by atoms with Crippen LogP contribution in [0.5, 0.6) is 0 Å². The lowest BCUT2D eigenvalue weighted by Gasteiger charge is -2.03. The van der Waals surface area contributed by atoms with Crippen LogP contribution >= 0.6 is 24.0 Å². The molecule has 3 N–H and O–H groups in total. The monoisotopic (exact) mass is 271 g/mol. The molecule has 1 aliphatic heterocycles. The summed E-state index contributed by atoms with van der Waals surface area (Å²) in [5.41, 5.74) is 0.950. The number of fused-ring (bicyclic) bond motifs is 1. The molecule has 7 heteroatoms. The van der Waals surface area contributed by atoms with Gasteiger partial charge < -0.3 is 10.6 Å². The standard InChI is InChI=1S/C10H10ClN5.ClH/c11-6-1-2-8-7(5-6)9(16-15-8)14-10-12-3-4-13-10;/h1-2,5H,3-4H2,(H3,12,13,14,15,16);1H. The van der Waals surface area contributed by atoms with E-state index in [0.717, 1.165) is 35.8 Å². The summed E-state index contributed by atoms with van der Waals surface area (Å²) in [6, 6.07) is 5.61. The maximum atomic E-state index is 5.95. The van der Waals surface area contributed by atoms with Crippen LogP contribution in [-0.4, -0.2) is 29.2 Å². The van der Waals surface area contributed by atoms with Crippen molar-refractivity contribution in [3.8, 4) is 0 Å². The number of hydrogen-bond donors (Lipinski definition) is 3. The summed E-state index contributed by atoms with van der Waals surface area (Å²) in [4.78, 5) is 4.25. The van der Waals surface area contributed by atoms with E-state index in [-0.39, 0.29) is 12.4 Å². The topological polar surface area (TPSA) is 65.1 Å². The molecule has 1 aromatic heterocycles. The zero-order valence-corrected chi connectivity index (χ0v) is 10.4. The summed E-state index contributed by atoms with van der Waals surface area (Å²) in [5.74, 6) is 1.50. The first-order chi connectivity index (χ1) is 7.83. The van der Waals surface area contributed by atoms with Crippen molar-refractivity contribution in [2.75, 3.05) is 18.4 Å². The number of hydrogen-bond acceptors (Lipinski definition) is 4. The third-order valence-corrected chi connectivity index (χ3v) is 2.67. The number of H-pyrrole nitrogens is 1. The second-order valence-corrected chi connectivity index (χ2v) is 3.98. The van der Waals surface area contributed by atoms with Crippen molar-refractivity contribution in [3.63, 3.8) is 0 Å². The van der Waals surface area contributed by atoms with Gasteiger partial charge in [0.15, 0.2) is 11.8 Å². The molecule has 0 unspecified atom stereocenters. The zero-order chi connectivity index (χ0) is 11.0. The Hall–Kier alpha value is -1.46. The van der Waals surface area contributed by atoms with Crippen LogP contribution in [0, 0.1) is 0 Å². The Kier molecular flexibility index (Phi) is 3.40. The van der Waals surface area contributed by atoms with E-state index in [1.54, 1.807) is 0 Å². The van der Waals surface area contributed by atoms with Crippen LogP contribution in [-0.2, 0) is 0 Å². The van der Waals surface area contributed by atoms with E-state index in [4.69, 9.17) is 11.6 Å². The first-order valence-electron chi connectivity index (χ1n) is 5.02. The van der Waals surface area contributed by atoms with Gasteiger partial charge in [-0.1, -0.05) is 11.6 Å². The molecule has 1 aromatic carbocycles. The molecule has 5 nitrogen and oxygen atoms in total. The Morgan fingerprint density at radius 3 is 3.00 bits per heavy atom. The molecule has 0 amide bonds. The van der Waals surface area contributed by atoms with Gasteiger partial charge in [0.25, 0.3) is 0 Å². The van der Waals surface area contributed by atoms with E-state index in [2.05, 4.69) is 25.8 Å². The van der Waals surface area contributed by atoms with Crippen molar-refractivity contribution in [2.45, 2.75) is 0 Å². The van der Waals surface area contributed by atoms with Crippen molar-refractivity contribution in [1.29, 1.82) is 0 Å². The molecule has 90 valence electrons. The van der Waals surface area contributed by atoms with Gasteiger partial charge in [0.2, 0.25) is 0 Å². The van der Waals surface area contributed by atoms with Gasteiger partial charge in [-0.25, -0.2) is 0 Å². The second kappa shape index (κ2) is 4.81. The largest absolute Gasteiger partial charge is 0.354 e. The van der Waals surface area contributed by atoms with Gasteiger partial charge in [0.05, 0.1) is 12.1 Å². The molecule has 1 aliphatic rings. The second-order valence-electron chi connectivity index (χ2n) is 3.54. The summed E-state index contributed by atoms with van der Waals surface area (Å²) >= 11 is 5.95. The Morgan fingerprint density at radius 2 is 2.24 bits per heavy atom. The van der Waals surface area contributed by atoms with E-state index in [0.29, 0.717) is 5.02 Å². The Balaban J connectivity index is 0.00000108. The fraction of sp³-hybridized carbons (Fsp3) is 0.200. The molecule has 0 saturated heterocycles. The lowest BCUT2D eigenvalue weighted by Crippen LogP contribution is -2.26. The van der Waals surface area contributed by atoms with Gasteiger partial charge in [-0.15, -0.1) is 12.4 Å². The van der Waals surface area contributed by atoms with Crippen molar-refractivity contribution in [1.82, 2.24) is 15.5 Å².